The Morgan fingerprint density at radius 3 is 2.75 bits per heavy atom. The molecule has 3 heterocycles. The highest BCUT2D eigenvalue weighted by molar-refractivity contribution is 6.32. The van der Waals surface area contributed by atoms with Gasteiger partial charge in [0, 0.05) is 19.1 Å². The third-order valence-electron chi connectivity index (χ3n) is 4.30. The minimum absolute atomic E-state index is 0.242. The zero-order chi connectivity index (χ0) is 13.9. The Balaban J connectivity index is 1.73. The minimum Gasteiger partial charge on any atom is -0.354 e. The molecule has 0 radical (unpaired) electrons. The number of anilines is 1. The number of rotatable bonds is 3. The first-order valence-electron chi connectivity index (χ1n) is 7.24. The third-order valence-corrected chi connectivity index (χ3v) is 4.60. The van der Waals surface area contributed by atoms with Gasteiger partial charge in [0.25, 0.3) is 0 Å². The van der Waals surface area contributed by atoms with Crippen LogP contribution in [-0.2, 0) is 0 Å². The molecule has 0 saturated carbocycles. The van der Waals surface area contributed by atoms with Crippen molar-refractivity contribution in [2.24, 2.45) is 0 Å². The smallest absolute Gasteiger partial charge is 0.156 e. The van der Waals surface area contributed by atoms with E-state index >= 15 is 0 Å². The summed E-state index contributed by atoms with van der Waals surface area (Å²) >= 11 is 5.97. The molecular weight excluding hydrogens is 276 g/mol. The van der Waals surface area contributed by atoms with Crippen LogP contribution in [0.1, 0.15) is 36.0 Å². The second-order valence-corrected chi connectivity index (χ2v) is 5.86. The van der Waals surface area contributed by atoms with Gasteiger partial charge in [-0.25, -0.2) is 9.97 Å². The van der Waals surface area contributed by atoms with Gasteiger partial charge in [0.1, 0.15) is 17.3 Å². The van der Waals surface area contributed by atoms with Gasteiger partial charge in [0.15, 0.2) is 6.29 Å². The number of aromatic nitrogens is 2. The van der Waals surface area contributed by atoms with Crippen molar-refractivity contribution in [1.29, 1.82) is 0 Å². The Morgan fingerprint density at radius 2 is 2.00 bits per heavy atom. The van der Waals surface area contributed by atoms with Gasteiger partial charge in [-0.1, -0.05) is 18.0 Å². The molecule has 0 spiro atoms. The van der Waals surface area contributed by atoms with Crippen LogP contribution in [0, 0.1) is 0 Å². The van der Waals surface area contributed by atoms with E-state index in [-0.39, 0.29) is 5.15 Å². The van der Waals surface area contributed by atoms with Crippen LogP contribution in [0.5, 0.6) is 0 Å². The number of aldehydes is 1. The monoisotopic (exact) mass is 294 g/mol. The van der Waals surface area contributed by atoms with Crippen LogP contribution in [0.25, 0.3) is 0 Å². The molecule has 6 heteroatoms. The van der Waals surface area contributed by atoms with Crippen LogP contribution >= 0.6 is 11.6 Å². The summed E-state index contributed by atoms with van der Waals surface area (Å²) in [6.45, 7) is 4.25. The number of hydrogen-bond donors (Lipinski definition) is 0. The number of piperidine rings is 1. The lowest BCUT2D eigenvalue weighted by atomic mass is 10.1. The summed E-state index contributed by atoms with van der Waals surface area (Å²) < 4.78 is 0. The van der Waals surface area contributed by atoms with Gasteiger partial charge >= 0.3 is 0 Å². The molecule has 1 aromatic rings. The summed E-state index contributed by atoms with van der Waals surface area (Å²) in [6, 6.07) is 0.573. The van der Waals surface area contributed by atoms with E-state index in [9.17, 15) is 4.79 Å². The van der Waals surface area contributed by atoms with Gasteiger partial charge in [-0.2, -0.15) is 0 Å². The standard InChI is InChI=1S/C14H19ClN4O/c15-13-12(9-20)14(17-10-16-13)19-7-4-11(8-19)18-5-2-1-3-6-18/h9-11H,1-8H2. The molecule has 2 fully saturated rings. The summed E-state index contributed by atoms with van der Waals surface area (Å²) in [4.78, 5) is 24.1. The van der Waals surface area contributed by atoms with Crippen molar-refractivity contribution in [1.82, 2.24) is 14.9 Å². The fourth-order valence-corrected chi connectivity index (χ4v) is 3.41. The number of likely N-dealkylation sites (tertiary alicyclic amines) is 1. The van der Waals surface area contributed by atoms with Crippen LogP contribution in [0.2, 0.25) is 5.15 Å². The van der Waals surface area contributed by atoms with E-state index in [1.807, 2.05) is 0 Å². The molecule has 0 aromatic carbocycles. The van der Waals surface area contributed by atoms with Crippen molar-refractivity contribution in [2.75, 3.05) is 31.1 Å². The van der Waals surface area contributed by atoms with Gasteiger partial charge in [0.2, 0.25) is 0 Å². The topological polar surface area (TPSA) is 49.3 Å². The number of hydrogen-bond acceptors (Lipinski definition) is 5. The molecule has 2 saturated heterocycles. The summed E-state index contributed by atoms with van der Waals surface area (Å²) in [5.41, 5.74) is 0.411. The highest BCUT2D eigenvalue weighted by Crippen LogP contribution is 2.27. The van der Waals surface area contributed by atoms with Crippen molar-refractivity contribution in [3.05, 3.63) is 17.0 Å². The van der Waals surface area contributed by atoms with Crippen LogP contribution in [0.15, 0.2) is 6.33 Å². The zero-order valence-electron chi connectivity index (χ0n) is 11.5. The second-order valence-electron chi connectivity index (χ2n) is 5.50. The predicted molar refractivity (Wildman–Crippen MR) is 78.5 cm³/mol. The molecule has 0 N–H and O–H groups in total. The molecule has 1 unspecified atom stereocenters. The van der Waals surface area contributed by atoms with E-state index in [0.29, 0.717) is 17.4 Å². The molecule has 0 bridgehead atoms. The van der Waals surface area contributed by atoms with E-state index in [4.69, 9.17) is 11.6 Å². The number of nitrogens with zero attached hydrogens (tertiary/aromatic N) is 4. The molecule has 2 aliphatic heterocycles. The van der Waals surface area contributed by atoms with Gasteiger partial charge < -0.3 is 4.90 Å². The average molecular weight is 295 g/mol. The van der Waals surface area contributed by atoms with Crippen LogP contribution in [0.4, 0.5) is 5.82 Å². The normalized spacial score (nSPS) is 24.1. The maximum atomic E-state index is 11.2. The van der Waals surface area contributed by atoms with E-state index in [1.165, 1.54) is 38.7 Å². The number of carbonyl (C=O) groups excluding carboxylic acids is 1. The Hall–Kier alpha value is -1.20. The molecule has 108 valence electrons. The number of carbonyl (C=O) groups is 1. The minimum atomic E-state index is 0.242. The SMILES string of the molecule is O=Cc1c(Cl)ncnc1N1CCC(N2CCCCC2)C1. The third kappa shape index (κ3) is 2.65. The highest BCUT2D eigenvalue weighted by Gasteiger charge is 2.30. The molecule has 1 atom stereocenters. The largest absolute Gasteiger partial charge is 0.354 e. The fourth-order valence-electron chi connectivity index (χ4n) is 3.23. The van der Waals surface area contributed by atoms with Gasteiger partial charge in [-0.3, -0.25) is 9.69 Å². The first-order chi connectivity index (χ1) is 9.79. The highest BCUT2D eigenvalue weighted by atomic mass is 35.5. The lowest BCUT2D eigenvalue weighted by Gasteiger charge is -2.32. The van der Waals surface area contributed by atoms with Crippen LogP contribution in [0.3, 0.4) is 0 Å². The molecule has 3 rings (SSSR count). The second kappa shape index (κ2) is 6.06. The lowest BCUT2D eigenvalue weighted by Crippen LogP contribution is -2.41. The molecule has 2 aliphatic rings. The van der Waals surface area contributed by atoms with Crippen LogP contribution in [-0.4, -0.2) is 53.4 Å². The number of halogens is 1. The lowest BCUT2D eigenvalue weighted by molar-refractivity contribution is 0.112. The van der Waals surface area contributed by atoms with Gasteiger partial charge in [-0.05, 0) is 32.4 Å². The van der Waals surface area contributed by atoms with Crippen molar-refractivity contribution in [2.45, 2.75) is 31.7 Å². The van der Waals surface area contributed by atoms with Crippen molar-refractivity contribution < 1.29 is 4.79 Å². The predicted octanol–water partition coefficient (Wildman–Crippen LogP) is 2.01. The van der Waals surface area contributed by atoms with E-state index in [1.54, 1.807) is 0 Å². The first-order valence-corrected chi connectivity index (χ1v) is 7.62. The maximum absolute atomic E-state index is 11.2. The Labute approximate surface area is 123 Å². The van der Waals surface area contributed by atoms with Crippen molar-refractivity contribution in [3.8, 4) is 0 Å². The summed E-state index contributed by atoms with van der Waals surface area (Å²) in [6.07, 6.45) is 7.26. The molecule has 20 heavy (non-hydrogen) atoms. The first kappa shape index (κ1) is 13.8. The zero-order valence-corrected chi connectivity index (χ0v) is 12.2. The fraction of sp³-hybridized carbons (Fsp3) is 0.643. The quantitative estimate of drug-likeness (QED) is 0.630. The van der Waals surface area contributed by atoms with Crippen molar-refractivity contribution >= 4 is 23.7 Å². The van der Waals surface area contributed by atoms with Gasteiger partial charge in [-0.15, -0.1) is 0 Å². The summed E-state index contributed by atoms with van der Waals surface area (Å²) in [7, 11) is 0. The molecular formula is C14H19ClN4O. The Bertz CT molecular complexity index is 490. The Kier molecular flexibility index (Phi) is 4.17. The van der Waals surface area contributed by atoms with Crippen molar-refractivity contribution in [3.63, 3.8) is 0 Å². The van der Waals surface area contributed by atoms with E-state index < -0.39 is 0 Å². The summed E-state index contributed by atoms with van der Waals surface area (Å²) in [5, 5.41) is 0.242. The molecule has 0 aliphatic carbocycles. The van der Waals surface area contributed by atoms with Gasteiger partial charge in [0.05, 0.1) is 5.56 Å². The molecule has 0 amide bonds. The van der Waals surface area contributed by atoms with E-state index in [2.05, 4.69) is 19.8 Å². The Morgan fingerprint density at radius 1 is 1.20 bits per heavy atom. The average Bonchev–Trinajstić information content (AvgIpc) is 2.97. The molecule has 5 nitrogen and oxygen atoms in total. The summed E-state index contributed by atoms with van der Waals surface area (Å²) in [5.74, 6) is 0.680. The molecule has 1 aromatic heterocycles. The maximum Gasteiger partial charge on any atom is 0.156 e. The van der Waals surface area contributed by atoms with Crippen LogP contribution < -0.4 is 4.90 Å². The van der Waals surface area contributed by atoms with E-state index in [0.717, 1.165) is 25.8 Å².